The van der Waals surface area contributed by atoms with Gasteiger partial charge >= 0.3 is 5.97 Å². The maximum Gasteiger partial charge on any atom is 0.305 e. The average molecular weight is 275 g/mol. The van der Waals surface area contributed by atoms with Crippen LogP contribution >= 0.6 is 15.9 Å². The zero-order chi connectivity index (χ0) is 11.3. The van der Waals surface area contributed by atoms with Crippen LogP contribution in [-0.4, -0.2) is 13.1 Å². The van der Waals surface area contributed by atoms with Crippen molar-refractivity contribution in [1.82, 2.24) is 0 Å². The second-order valence-electron chi connectivity index (χ2n) is 3.12. The van der Waals surface area contributed by atoms with Crippen molar-refractivity contribution in [2.75, 3.05) is 7.11 Å². The Morgan fingerprint density at radius 3 is 2.80 bits per heavy atom. The minimum atomic E-state index is -0.278. The maximum absolute atomic E-state index is 13.0. The number of halogens is 2. The van der Waals surface area contributed by atoms with Crippen molar-refractivity contribution < 1.29 is 13.9 Å². The first-order valence-electron chi connectivity index (χ1n) is 4.57. The van der Waals surface area contributed by atoms with Gasteiger partial charge < -0.3 is 4.74 Å². The lowest BCUT2D eigenvalue weighted by Crippen LogP contribution is -2.03. The Bertz CT molecular complexity index is 352. The van der Waals surface area contributed by atoms with Crippen LogP contribution in [-0.2, 0) is 21.3 Å². The van der Waals surface area contributed by atoms with E-state index in [1.54, 1.807) is 6.07 Å². The van der Waals surface area contributed by atoms with Gasteiger partial charge in [0.25, 0.3) is 0 Å². The number of methoxy groups -OCH3 is 1. The van der Waals surface area contributed by atoms with Gasteiger partial charge in [-0.05, 0) is 29.7 Å². The zero-order valence-corrected chi connectivity index (χ0v) is 10.0. The van der Waals surface area contributed by atoms with Crippen LogP contribution in [0.15, 0.2) is 18.2 Å². The van der Waals surface area contributed by atoms with Crippen LogP contribution in [0.2, 0.25) is 0 Å². The summed E-state index contributed by atoms with van der Waals surface area (Å²) in [6.07, 6.45) is 0.783. The third kappa shape index (κ3) is 3.63. The Morgan fingerprint density at radius 2 is 2.20 bits per heavy atom. The van der Waals surface area contributed by atoms with E-state index in [4.69, 9.17) is 0 Å². The van der Waals surface area contributed by atoms with E-state index in [0.717, 1.165) is 11.1 Å². The molecule has 82 valence electrons. The Hall–Kier alpha value is -0.900. The maximum atomic E-state index is 13.0. The fourth-order valence-electron chi connectivity index (χ4n) is 1.30. The van der Waals surface area contributed by atoms with Crippen molar-refractivity contribution in [1.29, 1.82) is 0 Å². The molecule has 15 heavy (non-hydrogen) atoms. The second-order valence-corrected chi connectivity index (χ2v) is 3.68. The number of alkyl halides is 1. The fourth-order valence-corrected chi connectivity index (χ4v) is 1.84. The molecule has 0 aliphatic rings. The average Bonchev–Trinajstić information content (AvgIpc) is 2.26. The lowest BCUT2D eigenvalue weighted by atomic mass is 10.0. The van der Waals surface area contributed by atoms with E-state index in [2.05, 4.69) is 20.7 Å². The molecule has 0 unspecified atom stereocenters. The van der Waals surface area contributed by atoms with Crippen molar-refractivity contribution >= 4 is 21.9 Å². The molecule has 0 aliphatic heterocycles. The minimum absolute atomic E-state index is 0.278. The Kier molecular flexibility index (Phi) is 4.75. The topological polar surface area (TPSA) is 26.3 Å². The van der Waals surface area contributed by atoms with E-state index in [9.17, 15) is 9.18 Å². The van der Waals surface area contributed by atoms with Gasteiger partial charge in [-0.1, -0.05) is 22.0 Å². The van der Waals surface area contributed by atoms with Gasteiger partial charge in [-0.2, -0.15) is 0 Å². The van der Waals surface area contributed by atoms with Gasteiger partial charge in [-0.3, -0.25) is 4.79 Å². The van der Waals surface area contributed by atoms with E-state index in [1.807, 2.05) is 0 Å². The largest absolute Gasteiger partial charge is 0.469 e. The molecule has 0 saturated carbocycles. The fraction of sp³-hybridized carbons (Fsp3) is 0.364. The van der Waals surface area contributed by atoms with Gasteiger partial charge in [0, 0.05) is 11.8 Å². The normalized spacial score (nSPS) is 10.1. The molecule has 1 aromatic carbocycles. The van der Waals surface area contributed by atoms with Crippen LogP contribution in [0.4, 0.5) is 4.39 Å². The van der Waals surface area contributed by atoms with Gasteiger partial charge in [-0.15, -0.1) is 0 Å². The lowest BCUT2D eigenvalue weighted by molar-refractivity contribution is -0.140. The van der Waals surface area contributed by atoms with Gasteiger partial charge in [-0.25, -0.2) is 4.39 Å². The summed E-state index contributed by atoms with van der Waals surface area (Å²) >= 11 is 3.32. The number of esters is 1. The lowest BCUT2D eigenvalue weighted by Gasteiger charge is -2.06. The van der Waals surface area contributed by atoms with Gasteiger partial charge in [0.15, 0.2) is 0 Å². The predicted octanol–water partition coefficient (Wildman–Crippen LogP) is 2.83. The molecule has 2 nitrogen and oxygen atoms in total. The van der Waals surface area contributed by atoms with Crippen LogP contribution in [0.5, 0.6) is 0 Å². The standard InChI is InChI=1S/C11H12BrFO2/c1-15-11(14)5-3-8-6-10(13)4-2-9(8)7-12/h2,4,6H,3,5,7H2,1H3. The number of hydrogen-bond donors (Lipinski definition) is 0. The van der Waals surface area contributed by atoms with Crippen molar-refractivity contribution in [3.05, 3.63) is 35.1 Å². The monoisotopic (exact) mass is 274 g/mol. The number of hydrogen-bond acceptors (Lipinski definition) is 2. The molecule has 0 saturated heterocycles. The Morgan fingerprint density at radius 1 is 1.47 bits per heavy atom. The predicted molar refractivity (Wildman–Crippen MR) is 59.4 cm³/mol. The SMILES string of the molecule is COC(=O)CCc1cc(F)ccc1CBr. The van der Waals surface area contributed by atoms with Crippen LogP contribution in [0.3, 0.4) is 0 Å². The Balaban J connectivity index is 2.74. The van der Waals surface area contributed by atoms with Crippen LogP contribution in [0.1, 0.15) is 17.5 Å². The molecular formula is C11H12BrFO2. The summed E-state index contributed by atoms with van der Waals surface area (Å²) in [7, 11) is 1.35. The van der Waals surface area contributed by atoms with E-state index < -0.39 is 0 Å². The number of rotatable bonds is 4. The molecule has 0 aliphatic carbocycles. The quantitative estimate of drug-likeness (QED) is 0.624. The smallest absolute Gasteiger partial charge is 0.305 e. The number of ether oxygens (including phenoxy) is 1. The van der Waals surface area contributed by atoms with Crippen molar-refractivity contribution in [2.24, 2.45) is 0 Å². The molecule has 4 heteroatoms. The summed E-state index contributed by atoms with van der Waals surface area (Å²) < 4.78 is 17.5. The van der Waals surface area contributed by atoms with Crippen molar-refractivity contribution in [3.63, 3.8) is 0 Å². The van der Waals surface area contributed by atoms with Crippen molar-refractivity contribution in [2.45, 2.75) is 18.2 Å². The number of carbonyl (C=O) groups excluding carboxylic acids is 1. The van der Waals surface area contributed by atoms with E-state index in [-0.39, 0.29) is 18.2 Å². The Labute approximate surface area is 96.6 Å². The molecule has 0 heterocycles. The van der Waals surface area contributed by atoms with Crippen LogP contribution in [0, 0.1) is 5.82 Å². The summed E-state index contributed by atoms with van der Waals surface area (Å²) in [6, 6.07) is 4.59. The zero-order valence-electron chi connectivity index (χ0n) is 8.43. The molecule has 0 fully saturated rings. The second kappa shape index (κ2) is 5.85. The van der Waals surface area contributed by atoms with Gasteiger partial charge in [0.1, 0.15) is 5.82 Å². The van der Waals surface area contributed by atoms with E-state index in [1.165, 1.54) is 19.2 Å². The molecule has 0 bridgehead atoms. The molecular weight excluding hydrogens is 263 g/mol. The molecule has 0 N–H and O–H groups in total. The van der Waals surface area contributed by atoms with Crippen LogP contribution in [0.25, 0.3) is 0 Å². The number of carbonyl (C=O) groups is 1. The van der Waals surface area contributed by atoms with Crippen LogP contribution < -0.4 is 0 Å². The highest BCUT2D eigenvalue weighted by atomic mass is 79.9. The molecule has 1 aromatic rings. The molecule has 0 atom stereocenters. The number of benzene rings is 1. The third-order valence-electron chi connectivity index (χ3n) is 2.14. The van der Waals surface area contributed by atoms with Crippen molar-refractivity contribution in [3.8, 4) is 0 Å². The molecule has 0 amide bonds. The summed E-state index contributed by atoms with van der Waals surface area (Å²) in [6.45, 7) is 0. The molecule has 0 aromatic heterocycles. The number of aryl methyl sites for hydroxylation is 1. The summed E-state index contributed by atoms with van der Waals surface area (Å²) in [5.74, 6) is -0.556. The minimum Gasteiger partial charge on any atom is -0.469 e. The highest BCUT2D eigenvalue weighted by molar-refractivity contribution is 9.08. The van der Waals surface area contributed by atoms with Gasteiger partial charge in [0.2, 0.25) is 0 Å². The summed E-state index contributed by atoms with van der Waals surface area (Å²) in [4.78, 5) is 10.9. The summed E-state index contributed by atoms with van der Waals surface area (Å²) in [5, 5.41) is 0.657. The first kappa shape index (κ1) is 12.2. The highest BCUT2D eigenvalue weighted by Gasteiger charge is 2.06. The molecule has 0 spiro atoms. The first-order chi connectivity index (χ1) is 7.17. The third-order valence-corrected chi connectivity index (χ3v) is 2.74. The summed E-state index contributed by atoms with van der Waals surface area (Å²) in [5.41, 5.74) is 1.84. The van der Waals surface area contributed by atoms with E-state index in [0.29, 0.717) is 11.8 Å². The van der Waals surface area contributed by atoms with E-state index >= 15 is 0 Å². The molecule has 1 rings (SSSR count). The van der Waals surface area contributed by atoms with Gasteiger partial charge in [0.05, 0.1) is 7.11 Å². The highest BCUT2D eigenvalue weighted by Crippen LogP contribution is 2.16. The molecule has 0 radical (unpaired) electrons. The first-order valence-corrected chi connectivity index (χ1v) is 5.69.